The van der Waals surface area contributed by atoms with Crippen molar-refractivity contribution in [2.24, 2.45) is 0 Å². The van der Waals surface area contributed by atoms with Crippen LogP contribution in [0.3, 0.4) is 0 Å². The van der Waals surface area contributed by atoms with Crippen LogP contribution in [0.25, 0.3) is 0 Å². The minimum atomic E-state index is -4.65. The molecule has 1 aliphatic heterocycles. The first-order valence-electron chi connectivity index (χ1n) is 8.97. The number of nitrogens with one attached hydrogen (secondary N) is 2. The molecule has 3 aromatic rings. The maximum absolute atomic E-state index is 13.6. The Labute approximate surface area is 170 Å². The Balaban J connectivity index is 1.66. The van der Waals surface area contributed by atoms with Gasteiger partial charge in [0.25, 0.3) is 5.91 Å². The van der Waals surface area contributed by atoms with Crippen LogP contribution >= 0.6 is 0 Å². The second-order valence-corrected chi connectivity index (χ2v) is 6.89. The minimum Gasteiger partial charge on any atom is -0.467 e. The van der Waals surface area contributed by atoms with Crippen molar-refractivity contribution in [3.8, 4) is 0 Å². The number of carbonyl (C=O) groups is 1. The fourth-order valence-corrected chi connectivity index (χ4v) is 3.38. The minimum absolute atomic E-state index is 0.162. The van der Waals surface area contributed by atoms with E-state index in [0.717, 1.165) is 24.4 Å². The van der Waals surface area contributed by atoms with Gasteiger partial charge in [0.15, 0.2) is 6.04 Å². The Morgan fingerprint density at radius 2 is 1.94 bits per heavy atom. The van der Waals surface area contributed by atoms with Crippen molar-refractivity contribution in [1.82, 2.24) is 9.78 Å². The average molecular weight is 444 g/mol. The summed E-state index contributed by atoms with van der Waals surface area (Å²) in [4.78, 5) is 12.7. The average Bonchev–Trinajstić information content (AvgIpc) is 3.36. The molecule has 0 saturated heterocycles. The highest BCUT2D eigenvalue weighted by molar-refractivity contribution is 6.07. The number of anilines is 2. The number of carbonyl (C=O) groups excluding carboxylic acids is 1. The molecule has 3 heterocycles. The highest BCUT2D eigenvalue weighted by Crippen LogP contribution is 2.44. The zero-order valence-corrected chi connectivity index (χ0v) is 15.5. The van der Waals surface area contributed by atoms with Crippen LogP contribution in [0.2, 0.25) is 0 Å². The summed E-state index contributed by atoms with van der Waals surface area (Å²) in [7, 11) is 0. The van der Waals surface area contributed by atoms with E-state index in [4.69, 9.17) is 4.42 Å². The van der Waals surface area contributed by atoms with Gasteiger partial charge in [0, 0.05) is 12.1 Å². The molecule has 2 N–H and O–H groups in total. The number of furan rings is 1. The summed E-state index contributed by atoms with van der Waals surface area (Å²) in [6.45, 7) is 0. The lowest BCUT2D eigenvalue weighted by molar-refractivity contribution is -0.174. The van der Waals surface area contributed by atoms with E-state index in [0.29, 0.717) is 4.68 Å². The van der Waals surface area contributed by atoms with Gasteiger partial charge in [-0.25, -0.2) is 4.68 Å². The predicted molar refractivity (Wildman–Crippen MR) is 96.4 cm³/mol. The van der Waals surface area contributed by atoms with Crippen LogP contribution in [0, 0.1) is 0 Å². The zero-order chi connectivity index (χ0) is 22.4. The van der Waals surface area contributed by atoms with Crippen molar-refractivity contribution >= 4 is 17.4 Å². The molecule has 0 unspecified atom stereocenters. The van der Waals surface area contributed by atoms with Gasteiger partial charge in [0.05, 0.1) is 24.1 Å². The van der Waals surface area contributed by atoms with Gasteiger partial charge < -0.3 is 15.1 Å². The molecular weight excluding hydrogens is 430 g/mol. The molecule has 0 spiro atoms. The smallest absolute Gasteiger partial charge is 0.416 e. The molecule has 1 amide bonds. The SMILES string of the molecule is O=C(Nc1cccc(C(F)(F)F)c1)c1cnn2c1N[C@@H](c1ccco1)C[C@H]2C(F)(F)F. The highest BCUT2D eigenvalue weighted by atomic mass is 19.4. The van der Waals surface area contributed by atoms with E-state index in [2.05, 4.69) is 15.7 Å². The number of nitrogens with zero attached hydrogens (tertiary/aromatic N) is 2. The number of amides is 1. The van der Waals surface area contributed by atoms with Crippen molar-refractivity contribution in [3.63, 3.8) is 0 Å². The molecule has 31 heavy (non-hydrogen) atoms. The molecule has 2 aromatic heterocycles. The lowest BCUT2D eigenvalue weighted by atomic mass is 10.0. The van der Waals surface area contributed by atoms with Crippen LogP contribution in [0.15, 0.2) is 53.3 Å². The zero-order valence-electron chi connectivity index (χ0n) is 15.5. The van der Waals surface area contributed by atoms with Gasteiger partial charge in [-0.3, -0.25) is 4.79 Å². The van der Waals surface area contributed by atoms with E-state index in [1.54, 1.807) is 0 Å². The van der Waals surface area contributed by atoms with Crippen LogP contribution in [-0.2, 0) is 6.18 Å². The number of benzene rings is 1. The topological polar surface area (TPSA) is 72.1 Å². The Morgan fingerprint density at radius 3 is 2.58 bits per heavy atom. The molecule has 0 radical (unpaired) electrons. The molecule has 6 nitrogen and oxygen atoms in total. The Kier molecular flexibility index (Phi) is 4.94. The van der Waals surface area contributed by atoms with E-state index in [1.807, 2.05) is 0 Å². The van der Waals surface area contributed by atoms with Gasteiger partial charge in [-0.2, -0.15) is 31.4 Å². The second-order valence-electron chi connectivity index (χ2n) is 6.89. The third-order valence-electron chi connectivity index (χ3n) is 4.82. The lowest BCUT2D eigenvalue weighted by Crippen LogP contribution is -2.36. The number of alkyl halides is 6. The van der Waals surface area contributed by atoms with Crippen molar-refractivity contribution in [3.05, 3.63) is 65.7 Å². The van der Waals surface area contributed by atoms with E-state index in [9.17, 15) is 31.1 Å². The fraction of sp³-hybridized carbons (Fsp3) is 0.263. The molecule has 4 rings (SSSR count). The van der Waals surface area contributed by atoms with E-state index in [-0.39, 0.29) is 22.8 Å². The number of hydrogen-bond donors (Lipinski definition) is 2. The van der Waals surface area contributed by atoms with Gasteiger partial charge in [0.2, 0.25) is 0 Å². The number of hydrogen-bond acceptors (Lipinski definition) is 4. The summed E-state index contributed by atoms with van der Waals surface area (Å²) in [5, 5.41) is 8.79. The van der Waals surface area contributed by atoms with Crippen molar-refractivity contribution < 1.29 is 35.6 Å². The molecule has 0 fully saturated rings. The lowest BCUT2D eigenvalue weighted by Gasteiger charge is -2.32. The van der Waals surface area contributed by atoms with Gasteiger partial charge in [-0.05, 0) is 30.3 Å². The first-order chi connectivity index (χ1) is 14.5. The Bertz CT molecular complexity index is 1090. The largest absolute Gasteiger partial charge is 0.467 e. The summed E-state index contributed by atoms with van der Waals surface area (Å²) >= 11 is 0. The van der Waals surface area contributed by atoms with Crippen molar-refractivity contribution in [1.29, 1.82) is 0 Å². The summed E-state index contributed by atoms with van der Waals surface area (Å²) in [5.41, 5.74) is -1.39. The molecule has 164 valence electrons. The molecule has 0 bridgehead atoms. The maximum atomic E-state index is 13.6. The van der Waals surface area contributed by atoms with Crippen LogP contribution in [0.1, 0.15) is 40.2 Å². The number of rotatable bonds is 3. The van der Waals surface area contributed by atoms with Crippen molar-refractivity contribution in [2.75, 3.05) is 10.6 Å². The van der Waals surface area contributed by atoms with Gasteiger partial charge in [-0.1, -0.05) is 6.07 Å². The molecule has 0 aliphatic carbocycles. The molecule has 0 saturated carbocycles. The summed E-state index contributed by atoms with van der Waals surface area (Å²) in [6.07, 6.45) is -7.43. The monoisotopic (exact) mass is 444 g/mol. The third-order valence-corrected chi connectivity index (χ3v) is 4.82. The molecular formula is C19H14F6N4O2. The third kappa shape index (κ3) is 4.09. The molecule has 1 aliphatic rings. The molecule has 12 heteroatoms. The van der Waals surface area contributed by atoms with Gasteiger partial charge in [0.1, 0.15) is 17.1 Å². The standard InChI is InChI=1S/C19H14F6N4O2/c20-18(21,22)10-3-1-4-11(7-10)27-17(30)12-9-26-29-15(19(23,24)25)8-13(28-16(12)29)14-5-2-6-31-14/h1-7,9,13,15,28H,8H2,(H,27,30)/t13-,15+/m1/s1. The second kappa shape index (κ2) is 7.36. The van der Waals surface area contributed by atoms with Crippen molar-refractivity contribution in [2.45, 2.75) is 30.9 Å². The first-order valence-corrected chi connectivity index (χ1v) is 8.97. The van der Waals surface area contributed by atoms with E-state index in [1.165, 1.54) is 24.5 Å². The van der Waals surface area contributed by atoms with Gasteiger partial charge >= 0.3 is 12.4 Å². The van der Waals surface area contributed by atoms with Crippen LogP contribution < -0.4 is 10.6 Å². The number of fused-ring (bicyclic) bond motifs is 1. The number of halogens is 6. The van der Waals surface area contributed by atoms with Crippen LogP contribution in [-0.4, -0.2) is 21.9 Å². The van der Waals surface area contributed by atoms with Crippen LogP contribution in [0.5, 0.6) is 0 Å². The first kappa shape index (κ1) is 20.8. The summed E-state index contributed by atoms with van der Waals surface area (Å²) in [6, 6.07) is 4.02. The van der Waals surface area contributed by atoms with Gasteiger partial charge in [-0.15, -0.1) is 0 Å². The Hall–Kier alpha value is -3.44. The normalized spacial score (nSPS) is 18.9. The maximum Gasteiger partial charge on any atom is 0.416 e. The fourth-order valence-electron chi connectivity index (χ4n) is 3.38. The quantitative estimate of drug-likeness (QED) is 0.530. The Morgan fingerprint density at radius 1 is 1.16 bits per heavy atom. The van der Waals surface area contributed by atoms with E-state index < -0.39 is 42.3 Å². The summed E-state index contributed by atoms with van der Waals surface area (Å²) < 4.78 is 85.4. The highest BCUT2D eigenvalue weighted by Gasteiger charge is 2.47. The van der Waals surface area contributed by atoms with Crippen LogP contribution in [0.4, 0.5) is 37.8 Å². The van der Waals surface area contributed by atoms with E-state index >= 15 is 0 Å². The summed E-state index contributed by atoms with van der Waals surface area (Å²) in [5.74, 6) is -0.875. The molecule has 2 atom stereocenters. The molecule has 1 aromatic carbocycles. The predicted octanol–water partition coefficient (Wildman–Crippen LogP) is 5.41. The number of aromatic nitrogens is 2.